The van der Waals surface area contributed by atoms with Gasteiger partial charge in [0.05, 0.1) is 12.4 Å². The van der Waals surface area contributed by atoms with Gasteiger partial charge in [-0.25, -0.2) is 14.4 Å². The van der Waals surface area contributed by atoms with E-state index in [4.69, 9.17) is 4.74 Å². The maximum Gasteiger partial charge on any atom is 0.159 e. The molecule has 2 unspecified atom stereocenters. The first-order chi connectivity index (χ1) is 16.1. The lowest BCUT2D eigenvalue weighted by atomic mass is 9.97. The summed E-state index contributed by atoms with van der Waals surface area (Å²) in [6, 6.07) is 8.51. The molecule has 4 heteroatoms. The second-order valence-electron chi connectivity index (χ2n) is 9.54. The van der Waals surface area contributed by atoms with Crippen molar-refractivity contribution in [3.8, 4) is 17.1 Å². The van der Waals surface area contributed by atoms with Gasteiger partial charge in [0.1, 0.15) is 12.8 Å². The molecule has 0 aliphatic heterocycles. The summed E-state index contributed by atoms with van der Waals surface area (Å²) in [5.74, 6) is 1.88. The molecule has 0 aliphatic rings. The Kier molecular flexibility index (Phi) is 13.7. The summed E-state index contributed by atoms with van der Waals surface area (Å²) in [6.07, 6.45) is 17.7. The SMILES string of the molecule is CCCCCCCCc1ccc(-c2ncc(OCC(F)CCCC(C)CCCC)cn2)cc1. The van der Waals surface area contributed by atoms with Crippen molar-refractivity contribution in [2.24, 2.45) is 5.92 Å². The maximum atomic E-state index is 14.2. The molecular formula is C29H45FN2O. The molecule has 1 heterocycles. The molecule has 33 heavy (non-hydrogen) atoms. The third kappa shape index (κ3) is 11.6. The summed E-state index contributed by atoms with van der Waals surface area (Å²) in [4.78, 5) is 8.83. The number of alkyl halides is 1. The molecule has 184 valence electrons. The van der Waals surface area contributed by atoms with E-state index in [0.29, 0.717) is 23.9 Å². The summed E-state index contributed by atoms with van der Waals surface area (Å²) in [6.45, 7) is 6.80. The van der Waals surface area contributed by atoms with E-state index in [-0.39, 0.29) is 6.61 Å². The lowest BCUT2D eigenvalue weighted by Crippen LogP contribution is -2.13. The van der Waals surface area contributed by atoms with Crippen molar-refractivity contribution in [2.45, 2.75) is 110 Å². The second-order valence-corrected chi connectivity index (χ2v) is 9.54. The first kappa shape index (κ1) is 27.3. The predicted molar refractivity (Wildman–Crippen MR) is 137 cm³/mol. The van der Waals surface area contributed by atoms with Crippen molar-refractivity contribution in [3.05, 3.63) is 42.2 Å². The Morgan fingerprint density at radius 1 is 0.788 bits per heavy atom. The number of ether oxygens (including phenoxy) is 1. The van der Waals surface area contributed by atoms with E-state index in [1.165, 1.54) is 63.4 Å². The zero-order chi connectivity index (χ0) is 23.7. The van der Waals surface area contributed by atoms with Gasteiger partial charge in [0.25, 0.3) is 0 Å². The predicted octanol–water partition coefficient (Wildman–Crippen LogP) is 8.76. The quantitative estimate of drug-likeness (QED) is 0.210. The number of nitrogens with zero attached hydrogens (tertiary/aromatic N) is 2. The lowest BCUT2D eigenvalue weighted by Gasteiger charge is -2.13. The van der Waals surface area contributed by atoms with Crippen molar-refractivity contribution in [1.29, 1.82) is 0 Å². The van der Waals surface area contributed by atoms with Gasteiger partial charge in [0.2, 0.25) is 0 Å². The number of aryl methyl sites for hydroxylation is 1. The van der Waals surface area contributed by atoms with Crippen LogP contribution >= 0.6 is 0 Å². The van der Waals surface area contributed by atoms with E-state index in [9.17, 15) is 4.39 Å². The summed E-state index contributed by atoms with van der Waals surface area (Å²) in [5.41, 5.74) is 2.36. The average molecular weight is 457 g/mol. The Labute approximate surface area is 201 Å². The van der Waals surface area contributed by atoms with Crippen molar-refractivity contribution in [2.75, 3.05) is 6.61 Å². The van der Waals surface area contributed by atoms with Crippen molar-refractivity contribution in [1.82, 2.24) is 9.97 Å². The van der Waals surface area contributed by atoms with E-state index in [1.54, 1.807) is 12.4 Å². The number of unbranched alkanes of at least 4 members (excludes halogenated alkanes) is 6. The molecule has 0 amide bonds. The summed E-state index contributed by atoms with van der Waals surface area (Å²) in [7, 11) is 0. The number of rotatable bonds is 18. The van der Waals surface area contributed by atoms with Crippen LogP contribution in [-0.4, -0.2) is 22.7 Å². The molecule has 0 bridgehead atoms. The van der Waals surface area contributed by atoms with E-state index in [2.05, 4.69) is 55.0 Å². The molecule has 2 aromatic rings. The Bertz CT molecular complexity index is 732. The van der Waals surface area contributed by atoms with Gasteiger partial charge in [0.15, 0.2) is 11.6 Å². The molecule has 1 aromatic heterocycles. The van der Waals surface area contributed by atoms with Crippen LogP contribution < -0.4 is 4.74 Å². The third-order valence-corrected chi connectivity index (χ3v) is 6.35. The Morgan fingerprint density at radius 2 is 1.42 bits per heavy atom. The highest BCUT2D eigenvalue weighted by atomic mass is 19.1. The normalized spacial score (nSPS) is 13.1. The van der Waals surface area contributed by atoms with Crippen molar-refractivity contribution in [3.63, 3.8) is 0 Å². The smallest absolute Gasteiger partial charge is 0.159 e. The van der Waals surface area contributed by atoms with Crippen LogP contribution in [0.1, 0.15) is 103 Å². The van der Waals surface area contributed by atoms with Crippen LogP contribution in [0.4, 0.5) is 4.39 Å². The molecule has 0 fully saturated rings. The summed E-state index contributed by atoms with van der Waals surface area (Å²) in [5, 5.41) is 0. The molecule has 3 nitrogen and oxygen atoms in total. The Hall–Kier alpha value is -1.97. The minimum absolute atomic E-state index is 0.0686. The van der Waals surface area contributed by atoms with Gasteiger partial charge in [-0.15, -0.1) is 0 Å². The van der Waals surface area contributed by atoms with Gasteiger partial charge in [0, 0.05) is 5.56 Å². The van der Waals surface area contributed by atoms with Crippen LogP contribution in [-0.2, 0) is 6.42 Å². The molecule has 0 saturated carbocycles. The third-order valence-electron chi connectivity index (χ3n) is 6.35. The highest BCUT2D eigenvalue weighted by Gasteiger charge is 2.10. The van der Waals surface area contributed by atoms with Gasteiger partial charge >= 0.3 is 0 Å². The van der Waals surface area contributed by atoms with Gasteiger partial charge in [-0.05, 0) is 30.7 Å². The highest BCUT2D eigenvalue weighted by Crippen LogP contribution is 2.20. The summed E-state index contributed by atoms with van der Waals surface area (Å²) >= 11 is 0. The molecule has 0 radical (unpaired) electrons. The first-order valence-corrected chi connectivity index (χ1v) is 13.3. The fourth-order valence-corrected chi connectivity index (χ4v) is 4.12. The van der Waals surface area contributed by atoms with Crippen LogP contribution in [0.15, 0.2) is 36.7 Å². The standard InChI is InChI=1S/C29H45FN2O/c1-4-6-8-9-10-11-15-25-17-19-26(20-18-25)29-31-21-28(22-32-29)33-23-27(30)16-12-14-24(3)13-7-5-2/h17-22,24,27H,4-16,23H2,1-3H3. The molecule has 2 rings (SSSR count). The number of hydrogen-bond acceptors (Lipinski definition) is 3. The average Bonchev–Trinajstić information content (AvgIpc) is 2.84. The molecule has 0 N–H and O–H groups in total. The van der Waals surface area contributed by atoms with Crippen LogP contribution in [0.3, 0.4) is 0 Å². The Balaban J connectivity index is 1.68. The monoisotopic (exact) mass is 456 g/mol. The number of aromatic nitrogens is 2. The number of hydrogen-bond donors (Lipinski definition) is 0. The van der Waals surface area contributed by atoms with Crippen molar-refractivity contribution >= 4 is 0 Å². The molecule has 1 aromatic carbocycles. The number of benzene rings is 1. The minimum Gasteiger partial charge on any atom is -0.487 e. The molecule has 0 aliphatic carbocycles. The van der Waals surface area contributed by atoms with Crippen LogP contribution in [0.5, 0.6) is 5.75 Å². The van der Waals surface area contributed by atoms with Crippen molar-refractivity contribution < 1.29 is 9.13 Å². The van der Waals surface area contributed by atoms with Gasteiger partial charge in [-0.1, -0.05) is 109 Å². The van der Waals surface area contributed by atoms with Crippen LogP contribution in [0.25, 0.3) is 11.4 Å². The van der Waals surface area contributed by atoms with Crippen LogP contribution in [0, 0.1) is 5.92 Å². The molecule has 0 saturated heterocycles. The topological polar surface area (TPSA) is 35.0 Å². The van der Waals surface area contributed by atoms with E-state index in [0.717, 1.165) is 24.8 Å². The molecule has 0 spiro atoms. The minimum atomic E-state index is -0.942. The summed E-state index contributed by atoms with van der Waals surface area (Å²) < 4.78 is 19.8. The van der Waals surface area contributed by atoms with E-state index >= 15 is 0 Å². The zero-order valence-electron chi connectivity index (χ0n) is 21.2. The number of halogens is 1. The first-order valence-electron chi connectivity index (χ1n) is 13.3. The molecule has 2 atom stereocenters. The maximum absolute atomic E-state index is 14.2. The fourth-order valence-electron chi connectivity index (χ4n) is 4.12. The second kappa shape index (κ2) is 16.6. The van der Waals surface area contributed by atoms with Gasteiger partial charge < -0.3 is 4.74 Å². The van der Waals surface area contributed by atoms with E-state index < -0.39 is 6.17 Å². The highest BCUT2D eigenvalue weighted by molar-refractivity contribution is 5.55. The van der Waals surface area contributed by atoms with E-state index in [1.807, 2.05) is 0 Å². The fraction of sp³-hybridized carbons (Fsp3) is 0.655. The van der Waals surface area contributed by atoms with Crippen LogP contribution in [0.2, 0.25) is 0 Å². The molecular weight excluding hydrogens is 411 g/mol. The van der Waals surface area contributed by atoms with Gasteiger partial charge in [-0.3, -0.25) is 0 Å². The lowest BCUT2D eigenvalue weighted by molar-refractivity contribution is 0.181. The van der Waals surface area contributed by atoms with Gasteiger partial charge in [-0.2, -0.15) is 0 Å². The zero-order valence-corrected chi connectivity index (χ0v) is 21.2. The Morgan fingerprint density at radius 3 is 2.12 bits per heavy atom. The largest absolute Gasteiger partial charge is 0.487 e.